The third-order valence-electron chi connectivity index (χ3n) is 3.71. The van der Waals surface area contributed by atoms with Crippen LogP contribution in [0.25, 0.3) is 0 Å². The molecule has 6 heteroatoms. The van der Waals surface area contributed by atoms with Crippen molar-refractivity contribution in [2.75, 3.05) is 6.61 Å². The monoisotopic (exact) mass is 306 g/mol. The van der Waals surface area contributed by atoms with Gasteiger partial charge in [-0.15, -0.1) is 0 Å². The van der Waals surface area contributed by atoms with Crippen molar-refractivity contribution < 1.29 is 28.5 Å². The van der Waals surface area contributed by atoms with Gasteiger partial charge >= 0.3 is 5.97 Å². The molecule has 2 fully saturated rings. The minimum absolute atomic E-state index is 0.0126. The van der Waals surface area contributed by atoms with Crippen molar-refractivity contribution in [2.45, 2.75) is 44.1 Å². The molecule has 0 unspecified atom stereocenters. The summed E-state index contributed by atoms with van der Waals surface area (Å²) in [4.78, 5) is 23.1. The first-order valence-corrected chi connectivity index (χ1v) is 7.19. The SMILES string of the molecule is CC1(C)O[C@@H]2[C@H](O1)[C@@H](COC(=O)c1ccccc1)O[C@H]2C=O. The number of hydrogen-bond donors (Lipinski definition) is 0. The van der Waals surface area contributed by atoms with E-state index in [1.54, 1.807) is 38.1 Å². The molecule has 2 heterocycles. The second-order valence-electron chi connectivity index (χ2n) is 5.80. The molecule has 3 rings (SSSR count). The van der Waals surface area contributed by atoms with Crippen LogP contribution in [0.5, 0.6) is 0 Å². The quantitative estimate of drug-likeness (QED) is 0.617. The van der Waals surface area contributed by atoms with Crippen molar-refractivity contribution in [1.29, 1.82) is 0 Å². The number of hydrogen-bond acceptors (Lipinski definition) is 6. The van der Waals surface area contributed by atoms with Crippen LogP contribution < -0.4 is 0 Å². The fraction of sp³-hybridized carbons (Fsp3) is 0.500. The molecule has 6 nitrogen and oxygen atoms in total. The molecule has 0 amide bonds. The largest absolute Gasteiger partial charge is 0.459 e. The highest BCUT2D eigenvalue weighted by molar-refractivity contribution is 5.89. The van der Waals surface area contributed by atoms with Gasteiger partial charge in [0, 0.05) is 0 Å². The van der Waals surface area contributed by atoms with Gasteiger partial charge in [0.15, 0.2) is 12.1 Å². The van der Waals surface area contributed by atoms with Crippen LogP contribution >= 0.6 is 0 Å². The van der Waals surface area contributed by atoms with E-state index < -0.39 is 36.2 Å². The third-order valence-corrected chi connectivity index (χ3v) is 3.71. The molecule has 0 aromatic heterocycles. The van der Waals surface area contributed by atoms with Crippen LogP contribution in [0.4, 0.5) is 0 Å². The number of ether oxygens (including phenoxy) is 4. The van der Waals surface area contributed by atoms with Crippen LogP contribution in [0, 0.1) is 0 Å². The molecule has 0 saturated carbocycles. The Labute approximate surface area is 128 Å². The molecule has 0 radical (unpaired) electrons. The predicted octanol–water partition coefficient (Wildman–Crippen LogP) is 1.33. The highest BCUT2D eigenvalue weighted by Gasteiger charge is 2.55. The topological polar surface area (TPSA) is 71.1 Å². The summed E-state index contributed by atoms with van der Waals surface area (Å²) >= 11 is 0. The number of fused-ring (bicyclic) bond motifs is 1. The van der Waals surface area contributed by atoms with Crippen molar-refractivity contribution in [3.05, 3.63) is 35.9 Å². The number of carbonyl (C=O) groups is 2. The fourth-order valence-corrected chi connectivity index (χ4v) is 2.77. The van der Waals surface area contributed by atoms with Gasteiger partial charge in [-0.2, -0.15) is 0 Å². The molecule has 2 saturated heterocycles. The van der Waals surface area contributed by atoms with Crippen LogP contribution in [0.3, 0.4) is 0 Å². The minimum Gasteiger partial charge on any atom is -0.459 e. The average molecular weight is 306 g/mol. The van der Waals surface area contributed by atoms with E-state index in [2.05, 4.69) is 0 Å². The molecular formula is C16H18O6. The number of esters is 1. The van der Waals surface area contributed by atoms with E-state index in [1.807, 2.05) is 6.07 Å². The first-order chi connectivity index (χ1) is 10.5. The van der Waals surface area contributed by atoms with Crippen LogP contribution in [-0.4, -0.2) is 49.1 Å². The smallest absolute Gasteiger partial charge is 0.338 e. The Morgan fingerprint density at radius 1 is 1.23 bits per heavy atom. The summed E-state index contributed by atoms with van der Waals surface area (Å²) < 4.78 is 22.3. The van der Waals surface area contributed by atoms with E-state index in [4.69, 9.17) is 18.9 Å². The van der Waals surface area contributed by atoms with Gasteiger partial charge in [-0.05, 0) is 26.0 Å². The Balaban J connectivity index is 1.63. The molecule has 22 heavy (non-hydrogen) atoms. The number of benzene rings is 1. The van der Waals surface area contributed by atoms with Gasteiger partial charge in [-0.1, -0.05) is 18.2 Å². The highest BCUT2D eigenvalue weighted by Crippen LogP contribution is 2.38. The van der Waals surface area contributed by atoms with E-state index >= 15 is 0 Å². The Hall–Kier alpha value is -1.76. The second kappa shape index (κ2) is 5.79. The lowest BCUT2D eigenvalue weighted by molar-refractivity contribution is -0.188. The van der Waals surface area contributed by atoms with Gasteiger partial charge < -0.3 is 23.7 Å². The Bertz CT molecular complexity index is 555. The van der Waals surface area contributed by atoms with Gasteiger partial charge in [-0.3, -0.25) is 0 Å². The highest BCUT2D eigenvalue weighted by atomic mass is 16.8. The van der Waals surface area contributed by atoms with Gasteiger partial charge in [0.25, 0.3) is 0 Å². The molecule has 118 valence electrons. The van der Waals surface area contributed by atoms with Crippen molar-refractivity contribution in [1.82, 2.24) is 0 Å². The second-order valence-corrected chi connectivity index (χ2v) is 5.80. The summed E-state index contributed by atoms with van der Waals surface area (Å²) in [6.07, 6.45) is -1.41. The first-order valence-electron chi connectivity index (χ1n) is 7.19. The molecule has 0 spiro atoms. The number of rotatable bonds is 4. The predicted molar refractivity (Wildman–Crippen MR) is 75.3 cm³/mol. The van der Waals surface area contributed by atoms with Crippen molar-refractivity contribution in [3.8, 4) is 0 Å². The standard InChI is InChI=1S/C16H18O6/c1-16(2)21-13-11(8-17)20-12(14(13)22-16)9-19-15(18)10-6-4-3-5-7-10/h3-8,11-14H,9H2,1-2H3/t11-,12+,13-,14+/m0/s1. The Morgan fingerprint density at radius 2 is 1.91 bits per heavy atom. The van der Waals surface area contributed by atoms with Crippen molar-refractivity contribution >= 4 is 12.3 Å². The third kappa shape index (κ3) is 2.90. The van der Waals surface area contributed by atoms with Gasteiger partial charge in [0.2, 0.25) is 0 Å². The van der Waals surface area contributed by atoms with Gasteiger partial charge in [0.05, 0.1) is 5.56 Å². The van der Waals surface area contributed by atoms with Crippen LogP contribution in [0.2, 0.25) is 0 Å². The molecule has 1 aromatic rings. The normalized spacial score (nSPS) is 32.5. The zero-order chi connectivity index (χ0) is 15.7. The van der Waals surface area contributed by atoms with Crippen LogP contribution in [0.15, 0.2) is 30.3 Å². The van der Waals surface area contributed by atoms with Crippen LogP contribution in [-0.2, 0) is 23.7 Å². The number of aldehydes is 1. The average Bonchev–Trinajstić information content (AvgIpc) is 2.99. The molecule has 0 N–H and O–H groups in total. The molecule has 0 bridgehead atoms. The van der Waals surface area contributed by atoms with E-state index in [1.165, 1.54) is 0 Å². The molecular weight excluding hydrogens is 288 g/mol. The molecule has 1 aromatic carbocycles. The molecule has 2 aliphatic heterocycles. The van der Waals surface area contributed by atoms with E-state index in [9.17, 15) is 9.59 Å². The van der Waals surface area contributed by atoms with Crippen molar-refractivity contribution in [3.63, 3.8) is 0 Å². The molecule has 4 atom stereocenters. The van der Waals surface area contributed by atoms with E-state index in [0.29, 0.717) is 11.8 Å². The Morgan fingerprint density at radius 3 is 2.59 bits per heavy atom. The summed E-state index contributed by atoms with van der Waals surface area (Å²) in [5.41, 5.74) is 0.466. The maximum Gasteiger partial charge on any atom is 0.338 e. The number of carbonyl (C=O) groups excluding carboxylic acids is 2. The first kappa shape index (κ1) is 15.1. The summed E-state index contributed by atoms with van der Waals surface area (Å²) in [6, 6.07) is 8.69. The van der Waals surface area contributed by atoms with E-state index in [0.717, 1.165) is 0 Å². The summed E-state index contributed by atoms with van der Waals surface area (Å²) in [6.45, 7) is 3.57. The lowest BCUT2D eigenvalue weighted by Gasteiger charge is -2.22. The van der Waals surface area contributed by atoms with Gasteiger partial charge in [-0.25, -0.2) is 4.79 Å². The Kier molecular flexibility index (Phi) is 3.99. The van der Waals surface area contributed by atoms with Crippen LogP contribution in [0.1, 0.15) is 24.2 Å². The molecule has 2 aliphatic rings. The summed E-state index contributed by atoms with van der Waals surface area (Å²) in [5, 5.41) is 0. The zero-order valence-electron chi connectivity index (χ0n) is 12.4. The van der Waals surface area contributed by atoms with Crippen molar-refractivity contribution in [2.24, 2.45) is 0 Å². The van der Waals surface area contributed by atoms with E-state index in [-0.39, 0.29) is 6.61 Å². The maximum absolute atomic E-state index is 12.0. The maximum atomic E-state index is 12.0. The minimum atomic E-state index is -0.776. The lowest BCUT2D eigenvalue weighted by Crippen LogP contribution is -2.33. The fourth-order valence-electron chi connectivity index (χ4n) is 2.77. The van der Waals surface area contributed by atoms with Gasteiger partial charge in [0.1, 0.15) is 31.0 Å². The lowest BCUT2D eigenvalue weighted by atomic mass is 10.1. The zero-order valence-corrected chi connectivity index (χ0v) is 12.4. The summed E-state index contributed by atoms with van der Waals surface area (Å²) in [7, 11) is 0. The molecule has 0 aliphatic carbocycles. The summed E-state index contributed by atoms with van der Waals surface area (Å²) in [5.74, 6) is -1.21.